The molecule has 2 fully saturated rings. The Morgan fingerprint density at radius 1 is 1.02 bits per heavy atom. The van der Waals surface area contributed by atoms with Gasteiger partial charge in [0.1, 0.15) is 29.9 Å². The van der Waals surface area contributed by atoms with E-state index in [2.05, 4.69) is 55.6 Å². The third-order valence-electron chi connectivity index (χ3n) is 9.37. The van der Waals surface area contributed by atoms with Gasteiger partial charge in [0.15, 0.2) is 0 Å². The van der Waals surface area contributed by atoms with Crippen LogP contribution in [0.25, 0.3) is 11.1 Å². The minimum atomic E-state index is -0.272. The Hall–Kier alpha value is -4.65. The summed E-state index contributed by atoms with van der Waals surface area (Å²) in [7, 11) is 1.70. The monoisotopic (exact) mass is 685 g/mol. The molecule has 0 amide bonds. The summed E-state index contributed by atoms with van der Waals surface area (Å²) in [5.41, 5.74) is 2.74. The van der Waals surface area contributed by atoms with Gasteiger partial charge in [-0.25, -0.2) is 14.6 Å². The molecule has 4 aromatic rings. The molecule has 4 atom stereocenters. The number of aromatic nitrogens is 8. The molecule has 1 saturated heterocycles. The van der Waals surface area contributed by atoms with E-state index in [-0.39, 0.29) is 30.5 Å². The first kappa shape index (κ1) is 35.2. The Bertz CT molecular complexity index is 1690. The Labute approximate surface area is 292 Å². The van der Waals surface area contributed by atoms with Crippen LogP contribution in [0.2, 0.25) is 0 Å². The quantitative estimate of drug-likeness (QED) is 0.193. The van der Waals surface area contributed by atoms with Crippen LogP contribution in [0.1, 0.15) is 71.4 Å². The second kappa shape index (κ2) is 16.4. The van der Waals surface area contributed by atoms with Gasteiger partial charge < -0.3 is 24.3 Å². The van der Waals surface area contributed by atoms with Gasteiger partial charge in [0.05, 0.1) is 49.3 Å². The topological polar surface area (TPSA) is 163 Å². The number of hydrogen-bond acceptors (Lipinski definition) is 13. The van der Waals surface area contributed by atoms with Crippen molar-refractivity contribution in [3.8, 4) is 28.8 Å². The maximum atomic E-state index is 9.68. The molecule has 15 nitrogen and oxygen atoms in total. The van der Waals surface area contributed by atoms with Crippen LogP contribution in [0, 0.1) is 11.3 Å². The molecule has 0 radical (unpaired) electrons. The summed E-state index contributed by atoms with van der Waals surface area (Å²) in [6, 6.07) is 8.48. The molecule has 0 spiro atoms. The Morgan fingerprint density at radius 3 is 2.44 bits per heavy atom. The smallest absolute Gasteiger partial charge is 0.256 e. The number of morpholine rings is 1. The zero-order chi connectivity index (χ0) is 35.0. The van der Waals surface area contributed by atoms with E-state index in [9.17, 15) is 5.26 Å². The summed E-state index contributed by atoms with van der Waals surface area (Å²) >= 11 is 0. The largest absolute Gasteiger partial charge is 0.487 e. The van der Waals surface area contributed by atoms with Crippen molar-refractivity contribution in [2.24, 2.45) is 0 Å². The summed E-state index contributed by atoms with van der Waals surface area (Å²) in [5.74, 6) is 1.40. The van der Waals surface area contributed by atoms with Gasteiger partial charge in [-0.15, -0.1) is 10.2 Å². The fourth-order valence-electron chi connectivity index (χ4n) is 6.73. The van der Waals surface area contributed by atoms with Crippen molar-refractivity contribution in [2.45, 2.75) is 103 Å². The van der Waals surface area contributed by atoms with Gasteiger partial charge in [-0.2, -0.15) is 5.26 Å². The average molecular weight is 686 g/mol. The number of tetrazole rings is 1. The maximum absolute atomic E-state index is 9.68. The average Bonchev–Trinajstić information content (AvgIpc) is 3.78. The molecule has 1 N–H and O–H groups in total. The molecular weight excluding hydrogens is 638 g/mol. The van der Waals surface area contributed by atoms with Crippen molar-refractivity contribution in [2.75, 3.05) is 32.1 Å². The molecule has 1 aliphatic heterocycles. The summed E-state index contributed by atoms with van der Waals surface area (Å²) in [4.78, 5) is 11.8. The highest BCUT2D eigenvalue weighted by atomic mass is 16.5. The lowest BCUT2D eigenvalue weighted by atomic mass is 9.89. The first-order valence-corrected chi connectivity index (χ1v) is 17.4. The lowest BCUT2D eigenvalue weighted by Gasteiger charge is -2.42. The number of nitrogens with one attached hydrogen (secondary N) is 1. The minimum absolute atomic E-state index is 0.0765. The summed E-state index contributed by atoms with van der Waals surface area (Å²) in [6.07, 6.45) is 12.4. The first-order chi connectivity index (χ1) is 24.3. The lowest BCUT2D eigenvalue weighted by Crippen LogP contribution is -2.51. The highest BCUT2D eigenvalue weighted by Gasteiger charge is 2.32. The van der Waals surface area contributed by atoms with Crippen LogP contribution in [-0.4, -0.2) is 102 Å². The van der Waals surface area contributed by atoms with Crippen molar-refractivity contribution in [3.05, 3.63) is 48.7 Å². The maximum Gasteiger partial charge on any atom is 0.256 e. The molecule has 0 bridgehead atoms. The predicted octanol–water partition coefficient (Wildman–Crippen LogP) is 4.81. The minimum Gasteiger partial charge on any atom is -0.487 e. The number of hydrogen-bond donors (Lipinski definition) is 1. The standard InChI is InChI=1S/C35H47N11O4/c1-23(47-5)12-13-48-34-32(21-46(41-34)31-10-8-30(9-11-31)44-18-24(2)49-25(3)19-44)40-35-37-16-29(17-38-35)27-6-7-28(15-36)33(14-27)50-26(4)20-45-22-39-42-43-45/h6-7,14,16-17,21-26,30-31H,8-13,18-20H2,1-5H3,(H,37,38,40)/t23-,24-,25+,26-,30-,31-/m0/s1. The molecule has 2 aliphatic rings. The fraction of sp³-hybridized carbons (Fsp3) is 0.571. The van der Waals surface area contributed by atoms with E-state index >= 15 is 0 Å². The highest BCUT2D eigenvalue weighted by Crippen LogP contribution is 2.35. The number of benzene rings is 1. The van der Waals surface area contributed by atoms with Crippen LogP contribution in [0.4, 0.5) is 11.6 Å². The molecule has 0 unspecified atom stereocenters. The molecule has 1 saturated carbocycles. The number of ether oxygens (including phenoxy) is 4. The third-order valence-corrected chi connectivity index (χ3v) is 9.37. The van der Waals surface area contributed by atoms with Crippen LogP contribution >= 0.6 is 0 Å². The van der Waals surface area contributed by atoms with Crippen molar-refractivity contribution in [3.63, 3.8) is 0 Å². The number of nitriles is 1. The van der Waals surface area contributed by atoms with Crippen LogP contribution in [-0.2, 0) is 16.0 Å². The van der Waals surface area contributed by atoms with Gasteiger partial charge in [0.25, 0.3) is 5.88 Å². The Kier molecular flexibility index (Phi) is 11.5. The van der Waals surface area contributed by atoms with Gasteiger partial charge in [-0.05, 0) is 81.5 Å². The zero-order valence-corrected chi connectivity index (χ0v) is 29.5. The van der Waals surface area contributed by atoms with Crippen molar-refractivity contribution in [1.29, 1.82) is 5.26 Å². The van der Waals surface area contributed by atoms with E-state index in [1.165, 1.54) is 6.33 Å². The van der Waals surface area contributed by atoms with Crippen LogP contribution < -0.4 is 14.8 Å². The van der Waals surface area contributed by atoms with Crippen molar-refractivity contribution >= 4 is 11.6 Å². The number of rotatable bonds is 14. The summed E-state index contributed by atoms with van der Waals surface area (Å²) < 4.78 is 27.3. The van der Waals surface area contributed by atoms with Crippen molar-refractivity contribution < 1.29 is 18.9 Å². The Morgan fingerprint density at radius 2 is 1.76 bits per heavy atom. The van der Waals surface area contributed by atoms with E-state index < -0.39 is 0 Å². The lowest BCUT2D eigenvalue weighted by molar-refractivity contribution is -0.0852. The molecular formula is C35H47N11O4. The van der Waals surface area contributed by atoms with E-state index in [0.717, 1.165) is 56.3 Å². The van der Waals surface area contributed by atoms with Gasteiger partial charge in [-0.1, -0.05) is 6.07 Å². The molecule has 1 aromatic carbocycles. The zero-order valence-electron chi connectivity index (χ0n) is 29.5. The number of methoxy groups -OCH3 is 1. The van der Waals surface area contributed by atoms with E-state index in [1.54, 1.807) is 30.3 Å². The van der Waals surface area contributed by atoms with E-state index in [4.69, 9.17) is 24.0 Å². The van der Waals surface area contributed by atoms with Gasteiger partial charge in [-0.3, -0.25) is 9.58 Å². The van der Waals surface area contributed by atoms with Crippen LogP contribution in [0.3, 0.4) is 0 Å². The molecule has 1 aliphatic carbocycles. The SMILES string of the molecule is CO[C@@H](C)CCOc1nn([C@H]2CC[C@H](N3C[C@@H](C)O[C@@H](C)C3)CC2)cc1Nc1ncc(-c2ccc(C#N)c(O[C@@H](C)Cn3cnnn3)c2)cn1. The molecule has 15 heteroatoms. The number of anilines is 2. The molecule has 266 valence electrons. The fourth-order valence-corrected chi connectivity index (χ4v) is 6.73. The normalized spacial score (nSPS) is 22.4. The highest BCUT2D eigenvalue weighted by molar-refractivity contribution is 5.67. The molecule has 50 heavy (non-hydrogen) atoms. The Balaban J connectivity index is 1.13. The van der Waals surface area contributed by atoms with Gasteiger partial charge in [0.2, 0.25) is 5.95 Å². The van der Waals surface area contributed by atoms with Crippen LogP contribution in [0.15, 0.2) is 43.1 Å². The third kappa shape index (κ3) is 8.92. The second-order valence-electron chi connectivity index (χ2n) is 13.4. The van der Waals surface area contributed by atoms with Gasteiger partial charge in [0, 0.05) is 50.6 Å². The van der Waals surface area contributed by atoms with Crippen LogP contribution in [0.5, 0.6) is 11.6 Å². The summed E-state index contributed by atoms with van der Waals surface area (Å²) in [5, 5.41) is 29.1. The van der Waals surface area contributed by atoms with E-state index in [1.807, 2.05) is 36.9 Å². The molecule has 6 rings (SSSR count). The molecule has 3 aromatic heterocycles. The van der Waals surface area contributed by atoms with E-state index in [0.29, 0.717) is 48.0 Å². The molecule has 4 heterocycles. The van der Waals surface area contributed by atoms with Gasteiger partial charge >= 0.3 is 0 Å². The van der Waals surface area contributed by atoms with Crippen molar-refractivity contribution in [1.82, 2.24) is 44.9 Å². The predicted molar refractivity (Wildman–Crippen MR) is 185 cm³/mol. The number of nitrogens with zero attached hydrogens (tertiary/aromatic N) is 10. The first-order valence-electron chi connectivity index (χ1n) is 17.4. The summed E-state index contributed by atoms with van der Waals surface area (Å²) in [6.45, 7) is 11.1. The second-order valence-corrected chi connectivity index (χ2v) is 13.4.